The van der Waals surface area contributed by atoms with Crippen LogP contribution in [0.4, 0.5) is 10.1 Å². The summed E-state index contributed by atoms with van der Waals surface area (Å²) in [5.74, 6) is -0.141. The Hall–Kier alpha value is -0.910. The van der Waals surface area contributed by atoms with Gasteiger partial charge < -0.3 is 11.1 Å². The number of aromatic nitrogens is 1. The molecule has 2 rings (SSSR count). The Kier molecular flexibility index (Phi) is 8.78. The SMILES string of the molecule is C[C@@H](N)C1CCC(C(=O)Nc2ccncc2F)CC1.Cl.Cl. The number of halogens is 3. The Morgan fingerprint density at radius 2 is 2.00 bits per heavy atom. The van der Waals surface area contributed by atoms with Gasteiger partial charge in [0.2, 0.25) is 5.91 Å². The molecule has 1 saturated carbocycles. The molecule has 3 N–H and O–H groups in total. The molecule has 1 atom stereocenters. The number of hydrogen-bond donors (Lipinski definition) is 2. The normalized spacial score (nSPS) is 22.4. The molecule has 0 bridgehead atoms. The maximum atomic E-state index is 13.4. The van der Waals surface area contributed by atoms with Crippen molar-refractivity contribution >= 4 is 36.4 Å². The van der Waals surface area contributed by atoms with E-state index in [1.807, 2.05) is 6.92 Å². The topological polar surface area (TPSA) is 68.0 Å². The maximum absolute atomic E-state index is 13.4. The number of hydrogen-bond acceptors (Lipinski definition) is 3. The molecule has 0 spiro atoms. The van der Waals surface area contributed by atoms with Crippen molar-refractivity contribution in [2.75, 3.05) is 5.32 Å². The van der Waals surface area contributed by atoms with Crippen LogP contribution in [0.2, 0.25) is 0 Å². The molecule has 0 unspecified atom stereocenters. The molecule has 120 valence electrons. The molecule has 21 heavy (non-hydrogen) atoms. The van der Waals surface area contributed by atoms with Crippen molar-refractivity contribution in [3.05, 3.63) is 24.3 Å². The van der Waals surface area contributed by atoms with Gasteiger partial charge in [-0.25, -0.2) is 4.39 Å². The monoisotopic (exact) mass is 337 g/mol. The van der Waals surface area contributed by atoms with Crippen LogP contribution in [0, 0.1) is 17.7 Å². The highest BCUT2D eigenvalue weighted by Crippen LogP contribution is 2.31. The highest BCUT2D eigenvalue weighted by atomic mass is 35.5. The van der Waals surface area contributed by atoms with E-state index in [-0.39, 0.29) is 48.4 Å². The van der Waals surface area contributed by atoms with Gasteiger partial charge in [-0.1, -0.05) is 0 Å². The molecule has 4 nitrogen and oxygen atoms in total. The third kappa shape index (κ3) is 5.41. The summed E-state index contributed by atoms with van der Waals surface area (Å²) < 4.78 is 13.4. The van der Waals surface area contributed by atoms with Crippen molar-refractivity contribution in [2.24, 2.45) is 17.6 Å². The van der Waals surface area contributed by atoms with Gasteiger partial charge in [-0.2, -0.15) is 0 Å². The van der Waals surface area contributed by atoms with Gasteiger partial charge in [-0.15, -0.1) is 24.8 Å². The van der Waals surface area contributed by atoms with Gasteiger partial charge in [0.15, 0.2) is 5.82 Å². The number of pyridine rings is 1. The molecule has 1 aliphatic rings. The lowest BCUT2D eigenvalue weighted by atomic mass is 9.79. The zero-order valence-electron chi connectivity index (χ0n) is 11.9. The molecule has 1 fully saturated rings. The summed E-state index contributed by atoms with van der Waals surface area (Å²) in [7, 11) is 0. The van der Waals surface area contributed by atoms with Gasteiger partial charge in [0.25, 0.3) is 0 Å². The fourth-order valence-corrected chi connectivity index (χ4v) is 2.62. The van der Waals surface area contributed by atoms with E-state index in [4.69, 9.17) is 5.73 Å². The Balaban J connectivity index is 0.00000200. The van der Waals surface area contributed by atoms with E-state index in [1.165, 1.54) is 12.3 Å². The average molecular weight is 338 g/mol. The number of carbonyl (C=O) groups is 1. The molecule has 0 saturated heterocycles. The van der Waals surface area contributed by atoms with Crippen molar-refractivity contribution in [1.29, 1.82) is 0 Å². The van der Waals surface area contributed by atoms with Crippen LogP contribution in [0.1, 0.15) is 32.6 Å². The van der Waals surface area contributed by atoms with Crippen molar-refractivity contribution in [1.82, 2.24) is 4.98 Å². The van der Waals surface area contributed by atoms with Crippen LogP contribution < -0.4 is 11.1 Å². The average Bonchev–Trinajstić information content (AvgIpc) is 2.41. The van der Waals surface area contributed by atoms with Gasteiger partial charge in [-0.05, 0) is 44.6 Å². The van der Waals surface area contributed by atoms with Crippen LogP contribution in [0.3, 0.4) is 0 Å². The molecule has 0 aliphatic heterocycles. The number of nitrogens with zero attached hydrogens (tertiary/aromatic N) is 1. The predicted molar refractivity (Wildman–Crippen MR) is 86.4 cm³/mol. The first-order valence-corrected chi connectivity index (χ1v) is 6.74. The lowest BCUT2D eigenvalue weighted by Gasteiger charge is -2.29. The second kappa shape index (κ2) is 9.18. The van der Waals surface area contributed by atoms with E-state index in [0.29, 0.717) is 5.92 Å². The Labute approximate surface area is 136 Å². The summed E-state index contributed by atoms with van der Waals surface area (Å²) in [6, 6.07) is 1.66. The number of carbonyl (C=O) groups excluding carboxylic acids is 1. The summed E-state index contributed by atoms with van der Waals surface area (Å²) in [6.45, 7) is 2.01. The first kappa shape index (κ1) is 20.1. The zero-order chi connectivity index (χ0) is 13.8. The van der Waals surface area contributed by atoms with Gasteiger partial charge in [0, 0.05) is 18.2 Å². The van der Waals surface area contributed by atoms with Crippen molar-refractivity contribution in [3.63, 3.8) is 0 Å². The van der Waals surface area contributed by atoms with Crippen LogP contribution >= 0.6 is 24.8 Å². The molecule has 1 amide bonds. The van der Waals surface area contributed by atoms with E-state index in [2.05, 4.69) is 10.3 Å². The Morgan fingerprint density at radius 3 is 2.52 bits per heavy atom. The Bertz CT molecular complexity index is 452. The second-order valence-corrected chi connectivity index (χ2v) is 5.32. The summed E-state index contributed by atoms with van der Waals surface area (Å²) in [4.78, 5) is 15.7. The highest BCUT2D eigenvalue weighted by Gasteiger charge is 2.28. The first-order chi connectivity index (χ1) is 9.08. The predicted octanol–water partition coefficient (Wildman–Crippen LogP) is 3.16. The second-order valence-electron chi connectivity index (χ2n) is 5.32. The number of amides is 1. The van der Waals surface area contributed by atoms with Crippen LogP contribution in [-0.2, 0) is 4.79 Å². The molecular weight excluding hydrogens is 316 g/mol. The fourth-order valence-electron chi connectivity index (χ4n) is 2.62. The summed E-state index contributed by atoms with van der Waals surface area (Å²) in [6.07, 6.45) is 6.15. The number of anilines is 1. The van der Waals surface area contributed by atoms with E-state index >= 15 is 0 Å². The quantitative estimate of drug-likeness (QED) is 0.890. The molecule has 0 aromatic carbocycles. The lowest BCUT2D eigenvalue weighted by molar-refractivity contribution is -0.121. The van der Waals surface area contributed by atoms with Gasteiger partial charge in [0.1, 0.15) is 0 Å². The molecule has 1 aromatic rings. The van der Waals surface area contributed by atoms with E-state index in [1.54, 1.807) is 0 Å². The van der Waals surface area contributed by atoms with Crippen LogP contribution in [-0.4, -0.2) is 16.9 Å². The molecule has 1 heterocycles. The van der Waals surface area contributed by atoms with E-state index in [9.17, 15) is 9.18 Å². The fraction of sp³-hybridized carbons (Fsp3) is 0.571. The van der Waals surface area contributed by atoms with Crippen LogP contribution in [0.5, 0.6) is 0 Å². The zero-order valence-corrected chi connectivity index (χ0v) is 13.6. The summed E-state index contributed by atoms with van der Waals surface area (Å²) in [5, 5.41) is 2.64. The van der Waals surface area contributed by atoms with Gasteiger partial charge in [0.05, 0.1) is 11.9 Å². The molecule has 0 radical (unpaired) electrons. The molecular formula is C14H22Cl2FN3O. The van der Waals surface area contributed by atoms with E-state index < -0.39 is 5.82 Å². The molecule has 1 aromatic heterocycles. The highest BCUT2D eigenvalue weighted by molar-refractivity contribution is 5.92. The first-order valence-electron chi connectivity index (χ1n) is 6.74. The number of nitrogens with two attached hydrogens (primary N) is 1. The largest absolute Gasteiger partial charge is 0.328 e. The van der Waals surface area contributed by atoms with Gasteiger partial charge in [-0.3, -0.25) is 9.78 Å². The lowest BCUT2D eigenvalue weighted by Crippen LogP contribution is -2.33. The molecule has 7 heteroatoms. The van der Waals surface area contributed by atoms with E-state index in [0.717, 1.165) is 31.9 Å². The smallest absolute Gasteiger partial charge is 0.227 e. The van der Waals surface area contributed by atoms with Crippen LogP contribution in [0.15, 0.2) is 18.5 Å². The number of rotatable bonds is 3. The van der Waals surface area contributed by atoms with Crippen molar-refractivity contribution in [3.8, 4) is 0 Å². The Morgan fingerprint density at radius 1 is 1.38 bits per heavy atom. The minimum Gasteiger partial charge on any atom is -0.328 e. The minimum absolute atomic E-state index is 0. The van der Waals surface area contributed by atoms with Crippen molar-refractivity contribution in [2.45, 2.75) is 38.6 Å². The van der Waals surface area contributed by atoms with Gasteiger partial charge >= 0.3 is 0 Å². The number of nitrogens with one attached hydrogen (secondary N) is 1. The standard InChI is InChI=1S/C14H20FN3O.2ClH/c1-9(16)10-2-4-11(5-3-10)14(19)18-13-6-7-17-8-12(13)15;;/h6-11H,2-5,16H2,1H3,(H,17,18,19);2*1H/t9-,10?,11?;;/m1../s1. The molecule has 1 aliphatic carbocycles. The third-order valence-corrected chi connectivity index (χ3v) is 3.92. The summed E-state index contributed by atoms with van der Waals surface area (Å²) in [5.41, 5.74) is 6.08. The maximum Gasteiger partial charge on any atom is 0.227 e. The van der Waals surface area contributed by atoms with Crippen molar-refractivity contribution < 1.29 is 9.18 Å². The summed E-state index contributed by atoms with van der Waals surface area (Å²) >= 11 is 0. The minimum atomic E-state index is -0.500. The van der Waals surface area contributed by atoms with Crippen LogP contribution in [0.25, 0.3) is 0 Å². The third-order valence-electron chi connectivity index (χ3n) is 3.92.